The van der Waals surface area contributed by atoms with Crippen LogP contribution in [-0.2, 0) is 0 Å². The van der Waals surface area contributed by atoms with Crippen LogP contribution in [0.1, 0.15) is 0 Å². The molecule has 0 aromatic carbocycles. The summed E-state index contributed by atoms with van der Waals surface area (Å²) in [7, 11) is 0. The van der Waals surface area contributed by atoms with E-state index in [1.165, 1.54) is 0 Å². The van der Waals surface area contributed by atoms with Gasteiger partial charge in [-0.05, 0) is 12.2 Å². The van der Waals surface area contributed by atoms with E-state index in [0.717, 1.165) is 0 Å². The molecular weight excluding hydrogens is 114 g/mol. The Kier molecular flexibility index (Phi) is 1.44. The SMILES string of the molecule is NC1=C(N)NC=CC=C1. The summed E-state index contributed by atoms with van der Waals surface area (Å²) >= 11 is 0. The summed E-state index contributed by atoms with van der Waals surface area (Å²) in [6.07, 6.45) is 7.12. The largest absolute Gasteiger partial charge is 0.396 e. The third kappa shape index (κ3) is 1.25. The molecule has 0 saturated carbocycles. The molecule has 5 N–H and O–H groups in total. The Hall–Kier alpha value is -1.38. The van der Waals surface area contributed by atoms with Crippen molar-refractivity contribution in [2.45, 2.75) is 0 Å². The molecule has 0 bridgehead atoms. The summed E-state index contributed by atoms with van der Waals surface area (Å²) in [5.41, 5.74) is 11.4. The summed E-state index contributed by atoms with van der Waals surface area (Å²) in [5.74, 6) is 0.500. The van der Waals surface area contributed by atoms with Gasteiger partial charge < -0.3 is 16.8 Å². The Labute approximate surface area is 53.7 Å². The van der Waals surface area contributed by atoms with E-state index in [0.29, 0.717) is 11.5 Å². The second-order valence-corrected chi connectivity index (χ2v) is 1.73. The number of allylic oxidation sites excluding steroid dienone is 3. The average Bonchev–Trinajstić information content (AvgIpc) is 1.99. The molecule has 9 heavy (non-hydrogen) atoms. The zero-order chi connectivity index (χ0) is 6.69. The standard InChI is InChI=1S/C6H9N3/c7-5-3-1-2-4-9-6(5)8/h1-4,9H,7-8H2. The van der Waals surface area contributed by atoms with Crippen LogP contribution >= 0.6 is 0 Å². The Morgan fingerprint density at radius 1 is 1.22 bits per heavy atom. The minimum absolute atomic E-state index is 0.500. The molecule has 1 heterocycles. The lowest BCUT2D eigenvalue weighted by atomic mass is 10.4. The van der Waals surface area contributed by atoms with Gasteiger partial charge in [-0.3, -0.25) is 0 Å². The Morgan fingerprint density at radius 2 is 2.00 bits per heavy atom. The molecule has 0 spiro atoms. The first kappa shape index (κ1) is 5.75. The highest BCUT2D eigenvalue weighted by Crippen LogP contribution is 1.93. The zero-order valence-corrected chi connectivity index (χ0v) is 4.96. The Balaban J connectivity index is 2.85. The fourth-order valence-corrected chi connectivity index (χ4v) is 0.526. The minimum Gasteiger partial charge on any atom is -0.396 e. The van der Waals surface area contributed by atoms with Crippen molar-refractivity contribution in [3.8, 4) is 0 Å². The van der Waals surface area contributed by atoms with Gasteiger partial charge in [-0.1, -0.05) is 6.08 Å². The smallest absolute Gasteiger partial charge is 0.124 e. The van der Waals surface area contributed by atoms with Gasteiger partial charge in [0.05, 0.1) is 5.70 Å². The summed E-state index contributed by atoms with van der Waals surface area (Å²) in [5, 5.41) is 2.78. The van der Waals surface area contributed by atoms with Crippen LogP contribution in [0.4, 0.5) is 0 Å². The van der Waals surface area contributed by atoms with Crippen LogP contribution in [0.2, 0.25) is 0 Å². The van der Waals surface area contributed by atoms with Crippen LogP contribution in [0.15, 0.2) is 35.9 Å². The topological polar surface area (TPSA) is 64.1 Å². The first-order chi connectivity index (χ1) is 4.30. The highest BCUT2D eigenvalue weighted by atomic mass is 15.0. The van der Waals surface area contributed by atoms with E-state index in [4.69, 9.17) is 11.5 Å². The fourth-order valence-electron chi connectivity index (χ4n) is 0.526. The summed E-state index contributed by atoms with van der Waals surface area (Å²) in [6.45, 7) is 0. The molecule has 0 radical (unpaired) electrons. The van der Waals surface area contributed by atoms with Crippen molar-refractivity contribution in [1.29, 1.82) is 0 Å². The van der Waals surface area contributed by atoms with E-state index >= 15 is 0 Å². The van der Waals surface area contributed by atoms with E-state index in [1.807, 2.05) is 12.2 Å². The maximum Gasteiger partial charge on any atom is 0.124 e. The molecule has 0 amide bonds. The molecule has 1 aliphatic rings. The van der Waals surface area contributed by atoms with Crippen molar-refractivity contribution in [3.05, 3.63) is 35.9 Å². The molecule has 0 aromatic heterocycles. The van der Waals surface area contributed by atoms with Gasteiger partial charge in [-0.15, -0.1) is 0 Å². The second kappa shape index (κ2) is 2.26. The van der Waals surface area contributed by atoms with Gasteiger partial charge in [-0.2, -0.15) is 0 Å². The number of nitrogens with one attached hydrogen (secondary N) is 1. The Bertz CT molecular complexity index is 188. The highest BCUT2D eigenvalue weighted by Gasteiger charge is 1.92. The van der Waals surface area contributed by atoms with Crippen molar-refractivity contribution < 1.29 is 0 Å². The monoisotopic (exact) mass is 123 g/mol. The molecule has 0 aromatic rings. The van der Waals surface area contributed by atoms with Gasteiger partial charge in [0.25, 0.3) is 0 Å². The van der Waals surface area contributed by atoms with Crippen molar-refractivity contribution in [2.24, 2.45) is 11.5 Å². The molecular formula is C6H9N3. The predicted octanol–water partition coefficient (Wildman–Crippen LogP) is -0.254. The van der Waals surface area contributed by atoms with Crippen molar-refractivity contribution in [2.75, 3.05) is 0 Å². The highest BCUT2D eigenvalue weighted by molar-refractivity contribution is 5.26. The number of hydrogen-bond donors (Lipinski definition) is 3. The quantitative estimate of drug-likeness (QED) is 0.416. The molecule has 0 aliphatic carbocycles. The van der Waals surface area contributed by atoms with Gasteiger partial charge in [0, 0.05) is 6.20 Å². The second-order valence-electron chi connectivity index (χ2n) is 1.73. The van der Waals surface area contributed by atoms with Crippen LogP contribution in [0.25, 0.3) is 0 Å². The van der Waals surface area contributed by atoms with E-state index in [1.54, 1.807) is 12.3 Å². The van der Waals surface area contributed by atoms with Crippen LogP contribution < -0.4 is 16.8 Å². The maximum atomic E-state index is 5.44. The number of rotatable bonds is 0. The molecule has 0 saturated heterocycles. The van der Waals surface area contributed by atoms with Gasteiger partial charge in [0.2, 0.25) is 0 Å². The molecule has 0 fully saturated rings. The summed E-state index contributed by atoms with van der Waals surface area (Å²) in [6, 6.07) is 0. The number of nitrogens with two attached hydrogens (primary N) is 2. The molecule has 0 atom stereocenters. The summed E-state index contributed by atoms with van der Waals surface area (Å²) in [4.78, 5) is 0. The van der Waals surface area contributed by atoms with Gasteiger partial charge in [-0.25, -0.2) is 0 Å². The molecule has 3 nitrogen and oxygen atoms in total. The fraction of sp³-hybridized carbons (Fsp3) is 0. The van der Waals surface area contributed by atoms with Crippen molar-refractivity contribution >= 4 is 0 Å². The van der Waals surface area contributed by atoms with E-state index < -0.39 is 0 Å². The molecule has 1 rings (SSSR count). The van der Waals surface area contributed by atoms with Crippen LogP contribution in [-0.4, -0.2) is 0 Å². The third-order valence-corrected chi connectivity index (χ3v) is 1.03. The van der Waals surface area contributed by atoms with Gasteiger partial charge >= 0.3 is 0 Å². The van der Waals surface area contributed by atoms with Crippen LogP contribution in [0.5, 0.6) is 0 Å². The van der Waals surface area contributed by atoms with Gasteiger partial charge in [0.1, 0.15) is 5.82 Å². The van der Waals surface area contributed by atoms with Crippen molar-refractivity contribution in [1.82, 2.24) is 5.32 Å². The first-order valence-corrected chi connectivity index (χ1v) is 2.65. The van der Waals surface area contributed by atoms with Crippen molar-refractivity contribution in [3.63, 3.8) is 0 Å². The Morgan fingerprint density at radius 3 is 2.78 bits per heavy atom. The number of hydrogen-bond acceptors (Lipinski definition) is 3. The van der Waals surface area contributed by atoms with E-state index in [9.17, 15) is 0 Å². The first-order valence-electron chi connectivity index (χ1n) is 2.65. The van der Waals surface area contributed by atoms with E-state index in [2.05, 4.69) is 5.32 Å². The van der Waals surface area contributed by atoms with Crippen LogP contribution in [0, 0.1) is 0 Å². The lowest BCUT2D eigenvalue weighted by Gasteiger charge is -1.99. The summed E-state index contributed by atoms with van der Waals surface area (Å²) < 4.78 is 0. The van der Waals surface area contributed by atoms with E-state index in [-0.39, 0.29) is 0 Å². The molecule has 1 aliphatic heterocycles. The molecule has 3 heteroatoms. The normalized spacial score (nSPS) is 17.3. The molecule has 48 valence electrons. The predicted molar refractivity (Wildman–Crippen MR) is 36.8 cm³/mol. The maximum absolute atomic E-state index is 5.44. The average molecular weight is 123 g/mol. The van der Waals surface area contributed by atoms with Gasteiger partial charge in [0.15, 0.2) is 0 Å². The molecule has 0 unspecified atom stereocenters. The zero-order valence-electron chi connectivity index (χ0n) is 4.96. The lowest BCUT2D eigenvalue weighted by molar-refractivity contribution is 0.999. The third-order valence-electron chi connectivity index (χ3n) is 1.03. The van der Waals surface area contributed by atoms with Crippen LogP contribution in [0.3, 0.4) is 0 Å². The minimum atomic E-state index is 0.500. The lowest BCUT2D eigenvalue weighted by Crippen LogP contribution is -2.18.